The Kier molecular flexibility index (Phi) is 3.80. The van der Waals surface area contributed by atoms with E-state index in [1.54, 1.807) is 0 Å². The number of aromatic amines is 1. The monoisotopic (exact) mass is 242 g/mol. The van der Waals surface area contributed by atoms with Gasteiger partial charge in [-0.3, -0.25) is 4.79 Å². The molecule has 0 spiro atoms. The number of hydrogen-bond acceptors (Lipinski definition) is 2. The Morgan fingerprint density at radius 1 is 1.53 bits per heavy atom. The van der Waals surface area contributed by atoms with E-state index in [-0.39, 0.29) is 12.1 Å². The number of pyridine rings is 1. The summed E-state index contributed by atoms with van der Waals surface area (Å²) in [6, 6.07) is 0.641. The van der Waals surface area contributed by atoms with E-state index in [0.717, 1.165) is 0 Å². The SMILES string of the molecule is [N-]=[N+]=NCC#Cc1cc(C(F)(F)F)c[nH]c1=O. The fraction of sp³-hybridized carbons (Fsp3) is 0.222. The Labute approximate surface area is 92.9 Å². The van der Waals surface area contributed by atoms with Crippen LogP contribution in [0.3, 0.4) is 0 Å². The number of alkyl halides is 3. The van der Waals surface area contributed by atoms with Crippen LogP contribution in [-0.4, -0.2) is 11.5 Å². The van der Waals surface area contributed by atoms with Gasteiger partial charge in [-0.2, -0.15) is 13.2 Å². The lowest BCUT2D eigenvalue weighted by Crippen LogP contribution is -2.14. The second kappa shape index (κ2) is 5.09. The molecular formula is C9H5F3N4O. The lowest BCUT2D eigenvalue weighted by atomic mass is 10.2. The Bertz CT molecular complexity index is 572. The average Bonchev–Trinajstić information content (AvgIpc) is 2.25. The fourth-order valence-corrected chi connectivity index (χ4v) is 0.942. The first-order valence-electron chi connectivity index (χ1n) is 4.25. The molecule has 0 aliphatic carbocycles. The van der Waals surface area contributed by atoms with Gasteiger partial charge in [0, 0.05) is 11.1 Å². The molecule has 0 radical (unpaired) electrons. The maximum absolute atomic E-state index is 12.3. The third-order valence-electron chi connectivity index (χ3n) is 1.67. The molecule has 1 heterocycles. The summed E-state index contributed by atoms with van der Waals surface area (Å²) in [6.07, 6.45) is -3.98. The number of halogens is 3. The minimum absolute atomic E-state index is 0.216. The van der Waals surface area contributed by atoms with E-state index in [9.17, 15) is 18.0 Å². The molecule has 1 rings (SSSR count). The zero-order chi connectivity index (χ0) is 12.9. The fourth-order valence-electron chi connectivity index (χ4n) is 0.942. The molecule has 0 saturated heterocycles. The van der Waals surface area contributed by atoms with Gasteiger partial charge in [-0.25, -0.2) is 0 Å². The quantitative estimate of drug-likeness (QED) is 0.347. The molecular weight excluding hydrogens is 237 g/mol. The predicted molar refractivity (Wildman–Crippen MR) is 53.0 cm³/mol. The summed E-state index contributed by atoms with van der Waals surface area (Å²) in [5, 5.41) is 3.06. The van der Waals surface area contributed by atoms with E-state index in [2.05, 4.69) is 21.9 Å². The largest absolute Gasteiger partial charge is 0.417 e. The minimum atomic E-state index is -4.55. The Balaban J connectivity index is 3.10. The normalized spacial score (nSPS) is 10.1. The van der Waals surface area contributed by atoms with Crippen LogP contribution in [0.5, 0.6) is 0 Å². The van der Waals surface area contributed by atoms with Gasteiger partial charge in [-0.05, 0) is 11.6 Å². The van der Waals surface area contributed by atoms with Crippen molar-refractivity contribution in [3.8, 4) is 11.8 Å². The topological polar surface area (TPSA) is 81.6 Å². The molecule has 8 heteroatoms. The lowest BCUT2D eigenvalue weighted by Gasteiger charge is -2.05. The Morgan fingerprint density at radius 3 is 2.82 bits per heavy atom. The van der Waals surface area contributed by atoms with Crippen molar-refractivity contribution >= 4 is 0 Å². The predicted octanol–water partition coefficient (Wildman–Crippen LogP) is 2.06. The second-order valence-electron chi connectivity index (χ2n) is 2.82. The van der Waals surface area contributed by atoms with Crippen LogP contribution in [0.4, 0.5) is 13.2 Å². The number of H-pyrrole nitrogens is 1. The highest BCUT2D eigenvalue weighted by Gasteiger charge is 2.31. The van der Waals surface area contributed by atoms with E-state index in [1.165, 1.54) is 0 Å². The van der Waals surface area contributed by atoms with Gasteiger partial charge in [0.15, 0.2) is 0 Å². The molecule has 0 aliphatic rings. The van der Waals surface area contributed by atoms with Gasteiger partial charge in [0.25, 0.3) is 5.56 Å². The van der Waals surface area contributed by atoms with E-state index >= 15 is 0 Å². The summed E-state index contributed by atoms with van der Waals surface area (Å²) in [4.78, 5) is 15.5. The van der Waals surface area contributed by atoms with Crippen molar-refractivity contribution in [1.82, 2.24) is 4.98 Å². The van der Waals surface area contributed by atoms with Crippen molar-refractivity contribution in [3.05, 3.63) is 44.2 Å². The van der Waals surface area contributed by atoms with Gasteiger partial charge in [0.1, 0.15) is 0 Å². The second-order valence-corrected chi connectivity index (χ2v) is 2.82. The smallest absolute Gasteiger partial charge is 0.327 e. The van der Waals surface area contributed by atoms with Crippen molar-refractivity contribution in [1.29, 1.82) is 0 Å². The molecule has 0 unspecified atom stereocenters. The summed E-state index contributed by atoms with van der Waals surface area (Å²) < 4.78 is 36.9. The first-order chi connectivity index (χ1) is 7.95. The molecule has 1 aromatic heterocycles. The molecule has 1 N–H and O–H groups in total. The highest BCUT2D eigenvalue weighted by atomic mass is 19.4. The van der Waals surface area contributed by atoms with Gasteiger partial charge < -0.3 is 4.98 Å². The standard InChI is InChI=1S/C9H5F3N4O/c10-9(11,12)7-4-6(8(17)14-5-7)2-1-3-15-16-13/h4-5H,3H2,(H,14,17). The van der Waals surface area contributed by atoms with Crippen molar-refractivity contribution in [3.63, 3.8) is 0 Å². The zero-order valence-corrected chi connectivity index (χ0v) is 8.25. The molecule has 1 aromatic rings. The average molecular weight is 242 g/mol. The van der Waals surface area contributed by atoms with Crippen LogP contribution >= 0.6 is 0 Å². The van der Waals surface area contributed by atoms with Crippen LogP contribution in [-0.2, 0) is 6.18 Å². The van der Waals surface area contributed by atoms with Gasteiger partial charge in [0.05, 0.1) is 17.7 Å². The summed E-state index contributed by atoms with van der Waals surface area (Å²) in [6.45, 7) is -0.216. The highest BCUT2D eigenvalue weighted by molar-refractivity contribution is 5.35. The van der Waals surface area contributed by atoms with E-state index in [4.69, 9.17) is 5.53 Å². The zero-order valence-electron chi connectivity index (χ0n) is 8.25. The number of nitrogens with zero attached hydrogens (tertiary/aromatic N) is 3. The van der Waals surface area contributed by atoms with E-state index in [0.29, 0.717) is 12.3 Å². The third-order valence-corrected chi connectivity index (χ3v) is 1.67. The number of azide groups is 1. The number of nitrogens with one attached hydrogen (secondary N) is 1. The first-order valence-corrected chi connectivity index (χ1v) is 4.25. The van der Waals surface area contributed by atoms with E-state index < -0.39 is 17.3 Å². The maximum Gasteiger partial charge on any atom is 0.417 e. The molecule has 0 fully saturated rings. The molecule has 0 aromatic carbocycles. The number of hydrogen-bond donors (Lipinski definition) is 1. The summed E-state index contributed by atoms with van der Waals surface area (Å²) in [5.74, 6) is 4.47. The van der Waals surface area contributed by atoms with Crippen molar-refractivity contribution in [2.45, 2.75) is 6.18 Å². The van der Waals surface area contributed by atoms with Crippen LogP contribution in [0.25, 0.3) is 10.4 Å². The van der Waals surface area contributed by atoms with Crippen LogP contribution in [0.15, 0.2) is 22.2 Å². The number of rotatable bonds is 1. The van der Waals surface area contributed by atoms with Crippen molar-refractivity contribution < 1.29 is 13.2 Å². The molecule has 88 valence electrons. The Morgan fingerprint density at radius 2 is 2.24 bits per heavy atom. The lowest BCUT2D eigenvalue weighted by molar-refractivity contribution is -0.137. The third kappa shape index (κ3) is 3.59. The van der Waals surface area contributed by atoms with Crippen molar-refractivity contribution in [2.75, 3.05) is 6.54 Å². The van der Waals surface area contributed by atoms with Crippen LogP contribution < -0.4 is 5.56 Å². The molecule has 0 bridgehead atoms. The molecule has 0 aliphatic heterocycles. The van der Waals surface area contributed by atoms with Gasteiger partial charge in [-0.1, -0.05) is 17.0 Å². The molecule has 0 atom stereocenters. The van der Waals surface area contributed by atoms with Gasteiger partial charge >= 0.3 is 6.18 Å². The summed E-state index contributed by atoms with van der Waals surface area (Å²) >= 11 is 0. The highest BCUT2D eigenvalue weighted by Crippen LogP contribution is 2.28. The van der Waals surface area contributed by atoms with Crippen LogP contribution in [0.2, 0.25) is 0 Å². The van der Waals surface area contributed by atoms with Gasteiger partial charge in [-0.15, -0.1) is 0 Å². The van der Waals surface area contributed by atoms with Gasteiger partial charge in [0.2, 0.25) is 0 Å². The molecule has 0 saturated carbocycles. The Hall–Kier alpha value is -2.39. The minimum Gasteiger partial charge on any atom is -0.327 e. The van der Waals surface area contributed by atoms with Crippen LogP contribution in [0.1, 0.15) is 11.1 Å². The van der Waals surface area contributed by atoms with Crippen molar-refractivity contribution in [2.24, 2.45) is 5.11 Å². The number of aromatic nitrogens is 1. The maximum atomic E-state index is 12.3. The van der Waals surface area contributed by atoms with Crippen LogP contribution in [0, 0.1) is 11.8 Å². The molecule has 5 nitrogen and oxygen atoms in total. The molecule has 17 heavy (non-hydrogen) atoms. The summed E-state index contributed by atoms with van der Waals surface area (Å²) in [5.41, 5.74) is 5.89. The summed E-state index contributed by atoms with van der Waals surface area (Å²) in [7, 11) is 0. The molecule has 0 amide bonds. The van der Waals surface area contributed by atoms with E-state index in [1.807, 2.05) is 4.98 Å². The first kappa shape index (κ1) is 12.7.